The summed E-state index contributed by atoms with van der Waals surface area (Å²) in [6.45, 7) is 0. The van der Waals surface area contributed by atoms with Gasteiger partial charge in [-0.25, -0.2) is 0 Å². The first-order valence-electron chi connectivity index (χ1n) is 6.11. The molecular formula is C15H13BrN2O3. The van der Waals surface area contributed by atoms with Crippen LogP contribution in [-0.2, 0) is 0 Å². The molecule has 0 radical (unpaired) electrons. The predicted octanol–water partition coefficient (Wildman–Crippen LogP) is 2.53. The van der Waals surface area contributed by atoms with Gasteiger partial charge >= 0.3 is 0 Å². The van der Waals surface area contributed by atoms with E-state index in [9.17, 15) is 9.59 Å². The van der Waals surface area contributed by atoms with E-state index in [-0.39, 0.29) is 5.91 Å². The van der Waals surface area contributed by atoms with E-state index < -0.39 is 5.91 Å². The highest BCUT2D eigenvalue weighted by Gasteiger charge is 2.12. The second-order valence-electron chi connectivity index (χ2n) is 4.12. The zero-order valence-electron chi connectivity index (χ0n) is 11.2. The Kier molecular flexibility index (Phi) is 4.94. The quantitative estimate of drug-likeness (QED) is 0.837. The van der Waals surface area contributed by atoms with E-state index in [1.807, 2.05) is 6.07 Å². The third-order valence-electron chi connectivity index (χ3n) is 2.74. The summed E-state index contributed by atoms with van der Waals surface area (Å²) in [5.74, 6) is -0.272. The Balaban J connectivity index is 2.04. The zero-order chi connectivity index (χ0) is 15.2. The molecule has 0 aliphatic carbocycles. The van der Waals surface area contributed by atoms with E-state index in [1.54, 1.807) is 42.5 Å². The number of hydrogen-bond donors (Lipinski definition) is 2. The van der Waals surface area contributed by atoms with Crippen molar-refractivity contribution in [2.45, 2.75) is 0 Å². The predicted molar refractivity (Wildman–Crippen MR) is 82.1 cm³/mol. The molecule has 0 spiro atoms. The number of carbonyl (C=O) groups is 2. The van der Waals surface area contributed by atoms with Crippen LogP contribution >= 0.6 is 15.9 Å². The van der Waals surface area contributed by atoms with Gasteiger partial charge in [-0.3, -0.25) is 20.4 Å². The fourth-order valence-corrected chi connectivity index (χ4v) is 2.07. The monoisotopic (exact) mass is 348 g/mol. The molecule has 0 heterocycles. The van der Waals surface area contributed by atoms with Gasteiger partial charge in [0.1, 0.15) is 5.75 Å². The smallest absolute Gasteiger partial charge is 0.270 e. The van der Waals surface area contributed by atoms with E-state index >= 15 is 0 Å². The summed E-state index contributed by atoms with van der Waals surface area (Å²) in [6.07, 6.45) is 0. The van der Waals surface area contributed by atoms with Crippen molar-refractivity contribution in [3.63, 3.8) is 0 Å². The molecule has 2 aromatic rings. The molecule has 0 unspecified atom stereocenters. The van der Waals surface area contributed by atoms with Gasteiger partial charge in [0.05, 0.1) is 12.7 Å². The number of hydrazine groups is 1. The largest absolute Gasteiger partial charge is 0.497 e. The summed E-state index contributed by atoms with van der Waals surface area (Å²) in [5, 5.41) is 0. The summed E-state index contributed by atoms with van der Waals surface area (Å²) < 4.78 is 5.67. The number of amides is 2. The lowest BCUT2D eigenvalue weighted by molar-refractivity contribution is 0.0846. The zero-order valence-corrected chi connectivity index (χ0v) is 12.8. The molecule has 2 N–H and O–H groups in total. The fourth-order valence-electron chi connectivity index (χ4n) is 1.65. The van der Waals surface area contributed by atoms with Crippen LogP contribution in [0.5, 0.6) is 5.75 Å². The lowest BCUT2D eigenvalue weighted by Crippen LogP contribution is -2.41. The number of carbonyl (C=O) groups excluding carboxylic acids is 2. The Hall–Kier alpha value is -2.34. The second kappa shape index (κ2) is 6.90. The van der Waals surface area contributed by atoms with Crippen molar-refractivity contribution in [2.24, 2.45) is 0 Å². The van der Waals surface area contributed by atoms with Crippen LogP contribution in [0.2, 0.25) is 0 Å². The van der Waals surface area contributed by atoms with Crippen LogP contribution in [-0.4, -0.2) is 18.9 Å². The van der Waals surface area contributed by atoms with Gasteiger partial charge in [0, 0.05) is 10.0 Å². The number of benzene rings is 2. The number of halogens is 1. The van der Waals surface area contributed by atoms with E-state index in [1.165, 1.54) is 7.11 Å². The third kappa shape index (κ3) is 3.82. The SMILES string of the molecule is COc1ccc(Br)c(C(=O)NNC(=O)c2ccccc2)c1. The molecule has 0 aromatic heterocycles. The molecule has 2 amide bonds. The number of methoxy groups -OCH3 is 1. The first kappa shape index (κ1) is 15.1. The van der Waals surface area contributed by atoms with Crippen LogP contribution in [0.3, 0.4) is 0 Å². The molecule has 0 bridgehead atoms. The Bertz CT molecular complexity index is 659. The minimum atomic E-state index is -0.440. The average Bonchev–Trinajstić information content (AvgIpc) is 2.53. The van der Waals surface area contributed by atoms with Crippen molar-refractivity contribution in [3.8, 4) is 5.75 Å². The summed E-state index contributed by atoms with van der Waals surface area (Å²) >= 11 is 3.28. The normalized spacial score (nSPS) is 9.81. The van der Waals surface area contributed by atoms with Gasteiger partial charge in [0.25, 0.3) is 11.8 Å². The molecule has 21 heavy (non-hydrogen) atoms. The van der Waals surface area contributed by atoms with Gasteiger partial charge in [-0.15, -0.1) is 0 Å². The van der Waals surface area contributed by atoms with E-state index in [0.29, 0.717) is 21.3 Å². The summed E-state index contributed by atoms with van der Waals surface area (Å²) in [6, 6.07) is 13.6. The van der Waals surface area contributed by atoms with Crippen molar-refractivity contribution in [2.75, 3.05) is 7.11 Å². The maximum absolute atomic E-state index is 12.1. The topological polar surface area (TPSA) is 67.4 Å². The van der Waals surface area contributed by atoms with Crippen LogP contribution in [0.1, 0.15) is 20.7 Å². The van der Waals surface area contributed by atoms with Gasteiger partial charge in [0.2, 0.25) is 0 Å². The summed E-state index contributed by atoms with van der Waals surface area (Å²) in [5.41, 5.74) is 5.55. The first-order valence-corrected chi connectivity index (χ1v) is 6.90. The highest BCUT2D eigenvalue weighted by atomic mass is 79.9. The van der Waals surface area contributed by atoms with Gasteiger partial charge in [-0.05, 0) is 46.3 Å². The minimum absolute atomic E-state index is 0.364. The Morgan fingerprint density at radius 2 is 1.67 bits per heavy atom. The van der Waals surface area contributed by atoms with Gasteiger partial charge < -0.3 is 4.74 Å². The molecule has 2 rings (SSSR count). The van der Waals surface area contributed by atoms with Crippen LogP contribution in [0.15, 0.2) is 53.0 Å². The van der Waals surface area contributed by atoms with Crippen molar-refractivity contribution in [3.05, 3.63) is 64.1 Å². The lowest BCUT2D eigenvalue weighted by atomic mass is 10.2. The van der Waals surface area contributed by atoms with Gasteiger partial charge in [-0.2, -0.15) is 0 Å². The molecule has 0 atom stereocenters. The molecule has 0 aliphatic rings. The van der Waals surface area contributed by atoms with E-state index in [4.69, 9.17) is 4.74 Å². The molecule has 6 heteroatoms. The number of rotatable bonds is 3. The second-order valence-corrected chi connectivity index (χ2v) is 4.97. The van der Waals surface area contributed by atoms with Gasteiger partial charge in [0.15, 0.2) is 0 Å². The number of hydrogen-bond acceptors (Lipinski definition) is 3. The van der Waals surface area contributed by atoms with Crippen molar-refractivity contribution in [1.82, 2.24) is 10.9 Å². The van der Waals surface area contributed by atoms with Crippen molar-refractivity contribution >= 4 is 27.7 Å². The molecular weight excluding hydrogens is 336 g/mol. The molecule has 0 saturated carbocycles. The number of ether oxygens (including phenoxy) is 1. The Labute approximate surface area is 130 Å². The molecule has 2 aromatic carbocycles. The Morgan fingerprint density at radius 1 is 1.00 bits per heavy atom. The fraction of sp³-hybridized carbons (Fsp3) is 0.0667. The average molecular weight is 349 g/mol. The summed E-state index contributed by atoms with van der Waals surface area (Å²) in [4.78, 5) is 23.9. The summed E-state index contributed by atoms with van der Waals surface area (Å²) in [7, 11) is 1.52. The molecule has 108 valence electrons. The lowest BCUT2D eigenvalue weighted by Gasteiger charge is -2.09. The highest BCUT2D eigenvalue weighted by Crippen LogP contribution is 2.22. The van der Waals surface area contributed by atoms with Crippen LogP contribution in [0.4, 0.5) is 0 Å². The maximum Gasteiger partial charge on any atom is 0.270 e. The standard InChI is InChI=1S/C15H13BrN2O3/c1-21-11-7-8-13(16)12(9-11)15(20)18-17-14(19)10-5-3-2-4-6-10/h2-9H,1H3,(H,17,19)(H,18,20). The molecule has 0 saturated heterocycles. The van der Waals surface area contributed by atoms with Crippen molar-refractivity contribution in [1.29, 1.82) is 0 Å². The third-order valence-corrected chi connectivity index (χ3v) is 3.44. The van der Waals surface area contributed by atoms with Crippen molar-refractivity contribution < 1.29 is 14.3 Å². The Morgan fingerprint density at radius 3 is 2.33 bits per heavy atom. The van der Waals surface area contributed by atoms with Crippen LogP contribution < -0.4 is 15.6 Å². The van der Waals surface area contributed by atoms with E-state index in [2.05, 4.69) is 26.8 Å². The minimum Gasteiger partial charge on any atom is -0.497 e. The maximum atomic E-state index is 12.1. The highest BCUT2D eigenvalue weighted by molar-refractivity contribution is 9.10. The van der Waals surface area contributed by atoms with Crippen LogP contribution in [0, 0.1) is 0 Å². The van der Waals surface area contributed by atoms with Gasteiger partial charge in [-0.1, -0.05) is 18.2 Å². The molecule has 5 nitrogen and oxygen atoms in total. The first-order chi connectivity index (χ1) is 10.1. The van der Waals surface area contributed by atoms with E-state index in [0.717, 1.165) is 0 Å². The number of nitrogens with one attached hydrogen (secondary N) is 2. The van der Waals surface area contributed by atoms with Crippen LogP contribution in [0.25, 0.3) is 0 Å². The molecule has 0 aliphatic heterocycles. The molecule has 0 fully saturated rings.